The molecule has 0 spiro atoms. The van der Waals surface area contributed by atoms with Gasteiger partial charge in [0.1, 0.15) is 11.5 Å². The van der Waals surface area contributed by atoms with E-state index in [-0.39, 0.29) is 11.8 Å². The Morgan fingerprint density at radius 2 is 1.03 bits per heavy atom. The summed E-state index contributed by atoms with van der Waals surface area (Å²) in [5.74, 6) is 1.05. The molecule has 0 saturated heterocycles. The van der Waals surface area contributed by atoms with Crippen molar-refractivity contribution >= 4 is 11.6 Å². The number of anilines is 1. The number of ether oxygens (including phenoxy) is 1. The van der Waals surface area contributed by atoms with E-state index in [1.54, 1.807) is 0 Å². The van der Waals surface area contributed by atoms with Crippen molar-refractivity contribution in [3.05, 3.63) is 126 Å². The summed E-state index contributed by atoms with van der Waals surface area (Å²) in [7, 11) is 0. The van der Waals surface area contributed by atoms with E-state index in [2.05, 4.69) is 5.32 Å². The van der Waals surface area contributed by atoms with Crippen LogP contribution in [-0.2, 0) is 4.79 Å². The van der Waals surface area contributed by atoms with Gasteiger partial charge in [-0.1, -0.05) is 78.9 Å². The number of amides is 1. The van der Waals surface area contributed by atoms with Crippen molar-refractivity contribution in [1.29, 1.82) is 0 Å². The molecule has 4 aromatic rings. The Morgan fingerprint density at radius 1 is 0.586 bits per heavy atom. The Kier molecular flexibility index (Phi) is 5.68. The third kappa shape index (κ3) is 4.71. The molecule has 142 valence electrons. The lowest BCUT2D eigenvalue weighted by Gasteiger charge is -2.18. The summed E-state index contributed by atoms with van der Waals surface area (Å²) in [6.45, 7) is 0. The van der Waals surface area contributed by atoms with E-state index in [1.807, 2.05) is 115 Å². The van der Waals surface area contributed by atoms with Crippen LogP contribution < -0.4 is 10.1 Å². The fraction of sp³-hybridized carbons (Fsp3) is 0.0385. The Labute approximate surface area is 170 Å². The van der Waals surface area contributed by atoms with Crippen LogP contribution in [0.2, 0.25) is 0 Å². The van der Waals surface area contributed by atoms with E-state index in [0.29, 0.717) is 0 Å². The number of carbonyl (C=O) groups is 1. The first-order valence-corrected chi connectivity index (χ1v) is 9.53. The second-order valence-electron chi connectivity index (χ2n) is 6.68. The topological polar surface area (TPSA) is 38.3 Å². The quantitative estimate of drug-likeness (QED) is 0.430. The lowest BCUT2D eigenvalue weighted by molar-refractivity contribution is -0.116. The molecule has 0 bridgehead atoms. The first kappa shape index (κ1) is 18.5. The standard InChI is InChI=1S/C26H21NO2/c28-26(25(20-10-4-1-5-11-20)21-12-6-2-7-13-21)27-22-16-18-24(19-17-22)29-23-14-8-3-9-15-23/h1-19,25H,(H,27,28). The summed E-state index contributed by atoms with van der Waals surface area (Å²) in [4.78, 5) is 13.1. The van der Waals surface area contributed by atoms with Crippen LogP contribution in [0, 0.1) is 0 Å². The van der Waals surface area contributed by atoms with Gasteiger partial charge in [0, 0.05) is 5.69 Å². The molecule has 0 heterocycles. The zero-order valence-electron chi connectivity index (χ0n) is 15.9. The average molecular weight is 379 g/mol. The smallest absolute Gasteiger partial charge is 0.236 e. The van der Waals surface area contributed by atoms with Crippen LogP contribution in [0.5, 0.6) is 11.5 Å². The third-order valence-corrected chi connectivity index (χ3v) is 4.63. The first-order valence-electron chi connectivity index (χ1n) is 9.53. The molecule has 3 nitrogen and oxygen atoms in total. The lowest BCUT2D eigenvalue weighted by Crippen LogP contribution is -2.22. The van der Waals surface area contributed by atoms with Gasteiger partial charge in [-0.05, 0) is 47.5 Å². The maximum atomic E-state index is 13.1. The maximum absolute atomic E-state index is 13.1. The van der Waals surface area contributed by atoms with Crippen LogP contribution in [-0.4, -0.2) is 5.91 Å². The van der Waals surface area contributed by atoms with E-state index < -0.39 is 0 Å². The number of para-hydroxylation sites is 1. The Bertz CT molecular complexity index is 1010. The minimum atomic E-state index is -0.377. The molecule has 4 rings (SSSR count). The molecule has 1 amide bonds. The van der Waals surface area contributed by atoms with Crippen molar-refractivity contribution < 1.29 is 9.53 Å². The van der Waals surface area contributed by atoms with Gasteiger partial charge in [0.25, 0.3) is 0 Å². The highest BCUT2D eigenvalue weighted by atomic mass is 16.5. The molecule has 0 atom stereocenters. The van der Waals surface area contributed by atoms with Gasteiger partial charge in [-0.2, -0.15) is 0 Å². The number of carbonyl (C=O) groups excluding carboxylic acids is 1. The second kappa shape index (κ2) is 8.89. The maximum Gasteiger partial charge on any atom is 0.236 e. The number of hydrogen-bond donors (Lipinski definition) is 1. The Balaban J connectivity index is 1.52. The summed E-state index contributed by atoms with van der Waals surface area (Å²) < 4.78 is 5.81. The third-order valence-electron chi connectivity index (χ3n) is 4.63. The van der Waals surface area contributed by atoms with Gasteiger partial charge in [0.15, 0.2) is 0 Å². The molecule has 3 heteroatoms. The fourth-order valence-electron chi connectivity index (χ4n) is 3.23. The summed E-state index contributed by atoms with van der Waals surface area (Å²) in [6.07, 6.45) is 0. The van der Waals surface area contributed by atoms with E-state index in [0.717, 1.165) is 28.3 Å². The van der Waals surface area contributed by atoms with Crippen molar-refractivity contribution in [3.63, 3.8) is 0 Å². The summed E-state index contributed by atoms with van der Waals surface area (Å²) in [5.41, 5.74) is 2.65. The number of nitrogens with one attached hydrogen (secondary N) is 1. The highest BCUT2D eigenvalue weighted by molar-refractivity contribution is 5.98. The zero-order chi connectivity index (χ0) is 19.9. The monoisotopic (exact) mass is 379 g/mol. The van der Waals surface area contributed by atoms with Gasteiger partial charge in [0.05, 0.1) is 5.92 Å². The molecule has 0 aliphatic heterocycles. The van der Waals surface area contributed by atoms with Crippen LogP contribution in [0.15, 0.2) is 115 Å². The lowest BCUT2D eigenvalue weighted by atomic mass is 9.90. The molecule has 1 N–H and O–H groups in total. The normalized spacial score (nSPS) is 10.5. The molecule has 0 aliphatic rings. The average Bonchev–Trinajstić information content (AvgIpc) is 2.78. The van der Waals surface area contributed by atoms with Crippen LogP contribution in [0.4, 0.5) is 5.69 Å². The highest BCUT2D eigenvalue weighted by Gasteiger charge is 2.22. The van der Waals surface area contributed by atoms with Gasteiger partial charge >= 0.3 is 0 Å². The van der Waals surface area contributed by atoms with Gasteiger partial charge < -0.3 is 10.1 Å². The van der Waals surface area contributed by atoms with Crippen molar-refractivity contribution in [1.82, 2.24) is 0 Å². The molecule has 0 aliphatic carbocycles. The van der Waals surface area contributed by atoms with Gasteiger partial charge in [-0.25, -0.2) is 0 Å². The molecule has 29 heavy (non-hydrogen) atoms. The zero-order valence-corrected chi connectivity index (χ0v) is 15.9. The van der Waals surface area contributed by atoms with Gasteiger partial charge in [-0.15, -0.1) is 0 Å². The SMILES string of the molecule is O=C(Nc1ccc(Oc2ccccc2)cc1)C(c1ccccc1)c1ccccc1. The molecule has 0 aromatic heterocycles. The van der Waals surface area contributed by atoms with Gasteiger partial charge in [0.2, 0.25) is 5.91 Å². The highest BCUT2D eigenvalue weighted by Crippen LogP contribution is 2.27. The first-order chi connectivity index (χ1) is 14.3. The summed E-state index contributed by atoms with van der Waals surface area (Å²) in [5, 5.41) is 3.04. The van der Waals surface area contributed by atoms with Crippen molar-refractivity contribution in [2.45, 2.75) is 5.92 Å². The fourth-order valence-corrected chi connectivity index (χ4v) is 3.23. The van der Waals surface area contributed by atoms with Crippen molar-refractivity contribution in [2.75, 3.05) is 5.32 Å². The van der Waals surface area contributed by atoms with E-state index in [1.165, 1.54) is 0 Å². The van der Waals surface area contributed by atoms with Crippen LogP contribution in [0.3, 0.4) is 0 Å². The van der Waals surface area contributed by atoms with Gasteiger partial charge in [-0.3, -0.25) is 4.79 Å². The minimum Gasteiger partial charge on any atom is -0.457 e. The molecular formula is C26H21NO2. The molecule has 0 unspecified atom stereocenters. The number of hydrogen-bond acceptors (Lipinski definition) is 2. The van der Waals surface area contributed by atoms with Crippen molar-refractivity contribution in [2.24, 2.45) is 0 Å². The van der Waals surface area contributed by atoms with E-state index >= 15 is 0 Å². The molecular weight excluding hydrogens is 358 g/mol. The predicted molar refractivity (Wildman–Crippen MR) is 116 cm³/mol. The Morgan fingerprint density at radius 3 is 1.55 bits per heavy atom. The van der Waals surface area contributed by atoms with E-state index in [9.17, 15) is 4.79 Å². The number of rotatable bonds is 6. The summed E-state index contributed by atoms with van der Waals surface area (Å²) in [6, 6.07) is 36.6. The molecule has 0 radical (unpaired) electrons. The number of benzene rings is 4. The van der Waals surface area contributed by atoms with Crippen molar-refractivity contribution in [3.8, 4) is 11.5 Å². The van der Waals surface area contributed by atoms with Crippen LogP contribution in [0.1, 0.15) is 17.0 Å². The molecule has 4 aromatic carbocycles. The van der Waals surface area contributed by atoms with Crippen LogP contribution >= 0.6 is 0 Å². The largest absolute Gasteiger partial charge is 0.457 e. The van der Waals surface area contributed by atoms with E-state index in [4.69, 9.17) is 4.74 Å². The summed E-state index contributed by atoms with van der Waals surface area (Å²) >= 11 is 0. The molecule has 0 fully saturated rings. The Hall–Kier alpha value is -3.85. The second-order valence-corrected chi connectivity index (χ2v) is 6.68. The molecule has 0 saturated carbocycles. The van der Waals surface area contributed by atoms with Crippen LogP contribution in [0.25, 0.3) is 0 Å². The predicted octanol–water partition coefficient (Wildman–Crippen LogP) is 6.25. The minimum absolute atomic E-state index is 0.0703.